The number of carbonyl (C=O) groups excluding carboxylic acids is 3. The fourth-order valence-electron chi connectivity index (χ4n) is 4.61. The smallest absolute Gasteiger partial charge is 0.306 e. The van der Waals surface area contributed by atoms with Crippen LogP contribution in [0.1, 0.15) is 90.4 Å². The predicted octanol–water partition coefficient (Wildman–Crippen LogP) is 4.52. The van der Waals surface area contributed by atoms with Gasteiger partial charge in [0.1, 0.15) is 6.10 Å². The minimum absolute atomic E-state index is 0.0824. The van der Waals surface area contributed by atoms with E-state index in [1.165, 1.54) is 32.1 Å². The van der Waals surface area contributed by atoms with Crippen LogP contribution in [0, 0.1) is 5.92 Å². The third kappa shape index (κ3) is 10.8. The molecule has 2 aliphatic rings. The molecule has 32 heavy (non-hydrogen) atoms. The number of unbranched alkanes of at least 4 members (excludes halogenated alkanes) is 6. The van der Waals surface area contributed by atoms with Gasteiger partial charge < -0.3 is 14.5 Å². The topological polar surface area (TPSA) is 66.9 Å². The molecule has 0 aliphatic carbocycles. The zero-order chi connectivity index (χ0) is 23.2. The van der Waals surface area contributed by atoms with Crippen molar-refractivity contribution < 1.29 is 19.1 Å². The molecule has 0 N–H and O–H groups in total. The number of likely N-dealkylation sites (tertiary alicyclic amines) is 2. The number of ketones is 1. The lowest BCUT2D eigenvalue weighted by atomic mass is 10.0. The number of allylic oxidation sites excluding steroid dienone is 2. The molecule has 6 nitrogen and oxygen atoms in total. The molecule has 2 heterocycles. The summed E-state index contributed by atoms with van der Waals surface area (Å²) in [4.78, 5) is 40.7. The zero-order valence-electron chi connectivity index (χ0n) is 20.4. The molecule has 2 rings (SSSR count). The molecule has 2 saturated heterocycles. The number of hydrogen-bond donors (Lipinski definition) is 0. The molecule has 182 valence electrons. The van der Waals surface area contributed by atoms with Gasteiger partial charge in [-0.1, -0.05) is 45.1 Å². The quantitative estimate of drug-likeness (QED) is 0.209. The van der Waals surface area contributed by atoms with E-state index in [1.807, 2.05) is 11.0 Å². The molecule has 1 unspecified atom stereocenters. The SMILES string of the molecule is CCCCCCCC/C=C\C(=O)CCCC(=O)O[C@H]1CCN(C(=O)CC2CCN(C)C2)C1. The number of esters is 1. The summed E-state index contributed by atoms with van der Waals surface area (Å²) < 4.78 is 5.54. The minimum Gasteiger partial charge on any atom is -0.460 e. The van der Waals surface area contributed by atoms with E-state index in [2.05, 4.69) is 18.9 Å². The van der Waals surface area contributed by atoms with Crippen molar-refractivity contribution in [2.24, 2.45) is 5.92 Å². The maximum absolute atomic E-state index is 12.5. The van der Waals surface area contributed by atoms with Crippen molar-refractivity contribution in [1.29, 1.82) is 0 Å². The first-order chi connectivity index (χ1) is 15.5. The normalized spacial score (nSPS) is 21.5. The molecule has 0 radical (unpaired) electrons. The summed E-state index contributed by atoms with van der Waals surface area (Å²) in [7, 11) is 2.09. The second-order valence-electron chi connectivity index (χ2n) is 9.64. The molecule has 0 bridgehead atoms. The van der Waals surface area contributed by atoms with Crippen molar-refractivity contribution in [3.63, 3.8) is 0 Å². The van der Waals surface area contributed by atoms with Crippen LogP contribution in [0.3, 0.4) is 0 Å². The van der Waals surface area contributed by atoms with E-state index in [-0.39, 0.29) is 30.2 Å². The van der Waals surface area contributed by atoms with Crippen LogP contribution >= 0.6 is 0 Å². The molecule has 0 aromatic heterocycles. The number of nitrogens with zero attached hydrogens (tertiary/aromatic N) is 2. The Kier molecular flexibility index (Phi) is 12.6. The highest BCUT2D eigenvalue weighted by Gasteiger charge is 2.31. The Morgan fingerprint density at radius 3 is 2.47 bits per heavy atom. The molecular weight excluding hydrogens is 404 g/mol. The van der Waals surface area contributed by atoms with Crippen molar-refractivity contribution in [3.05, 3.63) is 12.2 Å². The molecule has 0 aromatic carbocycles. The highest BCUT2D eigenvalue weighted by atomic mass is 16.5. The molecule has 0 aromatic rings. The molecule has 0 spiro atoms. The predicted molar refractivity (Wildman–Crippen MR) is 127 cm³/mol. The fourth-order valence-corrected chi connectivity index (χ4v) is 4.61. The van der Waals surface area contributed by atoms with Gasteiger partial charge in [0.05, 0.1) is 6.54 Å². The molecule has 2 aliphatic heterocycles. The standard InChI is InChI=1S/C26H44N2O4/c1-3-4-5-6-7-8-9-10-12-23(29)13-11-14-26(31)32-24-16-18-28(21-24)25(30)19-22-15-17-27(2)20-22/h10,12,22,24H,3-9,11,13-21H2,1-2H3/b12-10-/t22?,24-/m0/s1. The van der Waals surface area contributed by atoms with Crippen molar-refractivity contribution >= 4 is 17.7 Å². The van der Waals surface area contributed by atoms with Gasteiger partial charge in [-0.05, 0) is 51.3 Å². The van der Waals surface area contributed by atoms with Crippen LogP contribution in [0.5, 0.6) is 0 Å². The van der Waals surface area contributed by atoms with Gasteiger partial charge in [0, 0.05) is 38.8 Å². The van der Waals surface area contributed by atoms with Crippen LogP contribution in [-0.2, 0) is 19.1 Å². The molecule has 6 heteroatoms. The van der Waals surface area contributed by atoms with Crippen LogP contribution < -0.4 is 0 Å². The van der Waals surface area contributed by atoms with Crippen molar-refractivity contribution in [3.8, 4) is 0 Å². The molecule has 2 fully saturated rings. The Morgan fingerprint density at radius 2 is 1.72 bits per heavy atom. The number of amides is 1. The lowest BCUT2D eigenvalue weighted by Crippen LogP contribution is -2.32. The summed E-state index contributed by atoms with van der Waals surface area (Å²) in [6.07, 6.45) is 15.5. The minimum atomic E-state index is -0.259. The third-order valence-electron chi connectivity index (χ3n) is 6.58. The van der Waals surface area contributed by atoms with Gasteiger partial charge in [0.15, 0.2) is 5.78 Å². The Morgan fingerprint density at radius 1 is 0.938 bits per heavy atom. The first kappa shape index (κ1) is 26.6. The zero-order valence-corrected chi connectivity index (χ0v) is 20.4. The Labute approximate surface area is 194 Å². The van der Waals surface area contributed by atoms with Gasteiger partial charge in [-0.15, -0.1) is 0 Å². The number of carbonyl (C=O) groups is 3. The Bertz CT molecular complexity index is 619. The van der Waals surface area contributed by atoms with Crippen LogP contribution in [0.2, 0.25) is 0 Å². The van der Waals surface area contributed by atoms with Crippen molar-refractivity contribution in [2.45, 2.75) is 96.5 Å². The van der Waals surface area contributed by atoms with E-state index < -0.39 is 0 Å². The summed E-state index contributed by atoms with van der Waals surface area (Å²) in [6.45, 7) is 5.45. The van der Waals surface area contributed by atoms with E-state index in [0.717, 1.165) is 32.4 Å². The lowest BCUT2D eigenvalue weighted by Gasteiger charge is -2.19. The molecule has 2 atom stereocenters. The van der Waals surface area contributed by atoms with E-state index in [9.17, 15) is 14.4 Å². The molecule has 0 saturated carbocycles. The van der Waals surface area contributed by atoms with E-state index in [4.69, 9.17) is 4.74 Å². The average molecular weight is 449 g/mol. The highest BCUT2D eigenvalue weighted by Crippen LogP contribution is 2.21. The summed E-state index contributed by atoms with van der Waals surface area (Å²) in [5.74, 6) is 0.457. The van der Waals surface area contributed by atoms with Crippen LogP contribution in [0.15, 0.2) is 12.2 Å². The summed E-state index contributed by atoms with van der Waals surface area (Å²) in [5.41, 5.74) is 0. The van der Waals surface area contributed by atoms with Gasteiger partial charge in [-0.2, -0.15) is 0 Å². The lowest BCUT2D eigenvalue weighted by molar-refractivity contribution is -0.149. The van der Waals surface area contributed by atoms with Gasteiger partial charge >= 0.3 is 5.97 Å². The highest BCUT2D eigenvalue weighted by molar-refractivity contribution is 5.89. The molecule has 1 amide bonds. The Hall–Kier alpha value is -1.69. The van der Waals surface area contributed by atoms with Crippen LogP contribution in [-0.4, -0.2) is 66.8 Å². The van der Waals surface area contributed by atoms with E-state index >= 15 is 0 Å². The third-order valence-corrected chi connectivity index (χ3v) is 6.58. The number of hydrogen-bond acceptors (Lipinski definition) is 5. The molecular formula is C26H44N2O4. The summed E-state index contributed by atoms with van der Waals surface area (Å²) in [6, 6.07) is 0. The van der Waals surface area contributed by atoms with Gasteiger partial charge in [-0.3, -0.25) is 14.4 Å². The number of rotatable bonds is 15. The Balaban J connectivity index is 1.50. The van der Waals surface area contributed by atoms with Gasteiger partial charge in [-0.25, -0.2) is 0 Å². The first-order valence-corrected chi connectivity index (χ1v) is 12.8. The second-order valence-corrected chi connectivity index (χ2v) is 9.64. The van der Waals surface area contributed by atoms with E-state index in [1.54, 1.807) is 6.08 Å². The monoisotopic (exact) mass is 448 g/mol. The first-order valence-electron chi connectivity index (χ1n) is 12.8. The second kappa shape index (κ2) is 15.2. The fraction of sp³-hybridized carbons (Fsp3) is 0.808. The van der Waals surface area contributed by atoms with Gasteiger partial charge in [0.2, 0.25) is 5.91 Å². The van der Waals surface area contributed by atoms with Crippen LogP contribution in [0.25, 0.3) is 0 Å². The average Bonchev–Trinajstić information content (AvgIpc) is 3.39. The maximum Gasteiger partial charge on any atom is 0.306 e. The largest absolute Gasteiger partial charge is 0.460 e. The van der Waals surface area contributed by atoms with Crippen LogP contribution in [0.4, 0.5) is 0 Å². The van der Waals surface area contributed by atoms with Crippen molar-refractivity contribution in [2.75, 3.05) is 33.2 Å². The summed E-state index contributed by atoms with van der Waals surface area (Å²) >= 11 is 0. The van der Waals surface area contributed by atoms with E-state index in [0.29, 0.717) is 44.7 Å². The number of ether oxygens (including phenoxy) is 1. The van der Waals surface area contributed by atoms with Crippen molar-refractivity contribution in [1.82, 2.24) is 9.80 Å². The maximum atomic E-state index is 12.5. The summed E-state index contributed by atoms with van der Waals surface area (Å²) in [5, 5.41) is 0. The van der Waals surface area contributed by atoms with Gasteiger partial charge in [0.25, 0.3) is 0 Å².